The highest BCUT2D eigenvalue weighted by Gasteiger charge is 2.40. The molecular weight excluding hydrogens is 220 g/mol. The van der Waals surface area contributed by atoms with Crippen molar-refractivity contribution in [2.45, 2.75) is 13.8 Å². The van der Waals surface area contributed by atoms with Gasteiger partial charge in [-0.3, -0.25) is 0 Å². The molecule has 0 unspecified atom stereocenters. The van der Waals surface area contributed by atoms with Crippen LogP contribution in [0, 0.1) is 0 Å². The molecule has 0 fully saturated rings. The molecule has 0 amide bonds. The van der Waals surface area contributed by atoms with Crippen molar-refractivity contribution in [3.8, 4) is 0 Å². The minimum atomic E-state index is -3.26. The van der Waals surface area contributed by atoms with Crippen molar-refractivity contribution >= 4 is 20.1 Å². The maximum atomic E-state index is 10.4. The van der Waals surface area contributed by atoms with E-state index in [2.05, 4.69) is 6.58 Å². The van der Waals surface area contributed by atoms with Crippen LogP contribution in [0.4, 0.5) is 0 Å². The molecule has 0 aromatic heterocycles. The molecule has 0 aliphatic rings. The molecule has 0 saturated carbocycles. The van der Waals surface area contributed by atoms with E-state index in [1.54, 1.807) is 6.08 Å². The van der Waals surface area contributed by atoms with E-state index < -0.39 is 8.80 Å². The molecular formula is C12H18O3Si. The fourth-order valence-corrected chi connectivity index (χ4v) is 3.59. The largest absolute Gasteiger partial charge is 0.535 e. The lowest BCUT2D eigenvalue weighted by molar-refractivity contribution is 0.124. The van der Waals surface area contributed by atoms with Gasteiger partial charge in [-0.1, -0.05) is 36.9 Å². The summed E-state index contributed by atoms with van der Waals surface area (Å²) in [6.45, 7) is 8.26. The zero-order chi connectivity index (χ0) is 12.0. The number of benzene rings is 1. The Morgan fingerprint density at radius 1 is 1.25 bits per heavy atom. The fraction of sp³-hybridized carbons (Fsp3) is 0.333. The highest BCUT2D eigenvalue weighted by Crippen LogP contribution is 2.09. The topological polar surface area (TPSA) is 38.7 Å². The number of rotatable bonds is 6. The maximum absolute atomic E-state index is 10.4. The van der Waals surface area contributed by atoms with Crippen LogP contribution in [0.5, 0.6) is 0 Å². The van der Waals surface area contributed by atoms with Gasteiger partial charge in [0.15, 0.2) is 0 Å². The Labute approximate surface area is 97.7 Å². The Kier molecular flexibility index (Phi) is 4.89. The molecule has 0 spiro atoms. The molecule has 0 bridgehead atoms. The Bertz CT molecular complexity index is 346. The van der Waals surface area contributed by atoms with Gasteiger partial charge in [0.25, 0.3) is 0 Å². The first kappa shape index (κ1) is 13.1. The molecule has 1 rings (SSSR count). The lowest BCUT2D eigenvalue weighted by Gasteiger charge is -2.24. The number of hydrogen-bond donors (Lipinski definition) is 1. The van der Waals surface area contributed by atoms with E-state index in [1.807, 2.05) is 38.1 Å². The molecule has 1 aromatic carbocycles. The molecule has 16 heavy (non-hydrogen) atoms. The van der Waals surface area contributed by atoms with Gasteiger partial charge < -0.3 is 13.6 Å². The number of hydrogen-bond acceptors (Lipinski definition) is 3. The lowest BCUT2D eigenvalue weighted by Crippen LogP contribution is -2.55. The van der Waals surface area contributed by atoms with Crippen LogP contribution in [0.3, 0.4) is 0 Å². The highest BCUT2D eigenvalue weighted by molar-refractivity contribution is 6.74. The summed E-state index contributed by atoms with van der Waals surface area (Å²) in [5, 5.41) is 0.716. The zero-order valence-electron chi connectivity index (χ0n) is 9.77. The second-order valence-electron chi connectivity index (χ2n) is 3.24. The second-order valence-corrected chi connectivity index (χ2v) is 5.52. The first-order valence-corrected chi connectivity index (χ1v) is 7.16. The predicted molar refractivity (Wildman–Crippen MR) is 67.4 cm³/mol. The van der Waals surface area contributed by atoms with Gasteiger partial charge in [-0.15, -0.1) is 0 Å². The van der Waals surface area contributed by atoms with Crippen molar-refractivity contribution in [1.82, 2.24) is 0 Å². The summed E-state index contributed by atoms with van der Waals surface area (Å²) < 4.78 is 10.8. The Morgan fingerprint density at radius 3 is 2.31 bits per heavy atom. The Morgan fingerprint density at radius 2 is 1.81 bits per heavy atom. The van der Waals surface area contributed by atoms with Crippen LogP contribution in [0.15, 0.2) is 30.8 Å². The summed E-state index contributed by atoms with van der Waals surface area (Å²) in [4.78, 5) is 10.4. The van der Waals surface area contributed by atoms with E-state index in [0.717, 1.165) is 5.56 Å². The monoisotopic (exact) mass is 238 g/mol. The molecule has 0 radical (unpaired) electrons. The van der Waals surface area contributed by atoms with E-state index in [-0.39, 0.29) is 0 Å². The van der Waals surface area contributed by atoms with Crippen molar-refractivity contribution in [1.29, 1.82) is 0 Å². The van der Waals surface area contributed by atoms with E-state index in [0.29, 0.717) is 18.4 Å². The standard InChI is InChI=1S/C12H18O3Si/c1-4-11-9-7-8-10-12(11)16(13,14-5-2)15-6-3/h4,7-10,13H,1,5-6H2,2-3H3. The first-order valence-electron chi connectivity index (χ1n) is 5.40. The lowest BCUT2D eigenvalue weighted by atomic mass is 10.2. The van der Waals surface area contributed by atoms with Gasteiger partial charge in [-0.25, -0.2) is 0 Å². The minimum absolute atomic E-state index is 0.425. The molecule has 0 aliphatic carbocycles. The third kappa shape index (κ3) is 2.80. The van der Waals surface area contributed by atoms with Crippen molar-refractivity contribution in [2.75, 3.05) is 13.2 Å². The van der Waals surface area contributed by atoms with E-state index in [1.165, 1.54) is 0 Å². The average Bonchev–Trinajstić information content (AvgIpc) is 2.29. The van der Waals surface area contributed by atoms with Gasteiger partial charge in [0.2, 0.25) is 0 Å². The Balaban J connectivity index is 3.14. The smallest absolute Gasteiger partial charge is 0.386 e. The summed E-state index contributed by atoms with van der Waals surface area (Å²) in [5.74, 6) is 0. The maximum Gasteiger partial charge on any atom is 0.535 e. The van der Waals surface area contributed by atoms with Gasteiger partial charge in [0.1, 0.15) is 0 Å². The van der Waals surface area contributed by atoms with E-state index in [4.69, 9.17) is 8.85 Å². The van der Waals surface area contributed by atoms with Gasteiger partial charge in [-0.2, -0.15) is 0 Å². The van der Waals surface area contributed by atoms with Crippen molar-refractivity contribution in [2.24, 2.45) is 0 Å². The molecule has 1 aromatic rings. The van der Waals surface area contributed by atoms with Crippen LogP contribution in [0.2, 0.25) is 0 Å². The molecule has 0 aliphatic heterocycles. The van der Waals surface area contributed by atoms with Gasteiger partial charge in [0, 0.05) is 18.4 Å². The summed E-state index contributed by atoms with van der Waals surface area (Å²) in [6, 6.07) is 7.47. The first-order chi connectivity index (χ1) is 7.68. The third-order valence-corrected chi connectivity index (χ3v) is 4.70. The highest BCUT2D eigenvalue weighted by atomic mass is 28.4. The molecule has 88 valence electrons. The Hall–Kier alpha value is -0.943. The predicted octanol–water partition coefficient (Wildman–Crippen LogP) is 1.54. The summed E-state index contributed by atoms with van der Waals surface area (Å²) in [5.41, 5.74) is 0.860. The normalized spacial score (nSPS) is 11.4. The van der Waals surface area contributed by atoms with Crippen LogP contribution < -0.4 is 5.19 Å². The summed E-state index contributed by atoms with van der Waals surface area (Å²) in [7, 11) is -3.26. The van der Waals surface area contributed by atoms with Crippen LogP contribution >= 0.6 is 0 Å². The van der Waals surface area contributed by atoms with Crippen molar-refractivity contribution < 1.29 is 13.6 Å². The van der Waals surface area contributed by atoms with Gasteiger partial charge in [-0.05, 0) is 19.4 Å². The van der Waals surface area contributed by atoms with Gasteiger partial charge >= 0.3 is 8.80 Å². The van der Waals surface area contributed by atoms with Crippen LogP contribution in [0.1, 0.15) is 19.4 Å². The van der Waals surface area contributed by atoms with Crippen molar-refractivity contribution in [3.05, 3.63) is 36.4 Å². The minimum Gasteiger partial charge on any atom is -0.386 e. The molecule has 4 heteroatoms. The van der Waals surface area contributed by atoms with Gasteiger partial charge in [0.05, 0.1) is 0 Å². The third-order valence-electron chi connectivity index (χ3n) is 2.20. The van der Waals surface area contributed by atoms with E-state index in [9.17, 15) is 4.80 Å². The molecule has 0 heterocycles. The average molecular weight is 238 g/mol. The van der Waals surface area contributed by atoms with E-state index >= 15 is 0 Å². The van der Waals surface area contributed by atoms with Crippen LogP contribution in [-0.4, -0.2) is 26.8 Å². The quantitative estimate of drug-likeness (QED) is 0.764. The SMILES string of the molecule is C=Cc1ccccc1[Si](O)(OCC)OCC. The van der Waals surface area contributed by atoms with Crippen LogP contribution in [-0.2, 0) is 8.85 Å². The molecule has 3 nitrogen and oxygen atoms in total. The molecule has 0 saturated heterocycles. The molecule has 0 atom stereocenters. The fourth-order valence-electron chi connectivity index (χ4n) is 1.55. The second kappa shape index (κ2) is 5.96. The summed E-state index contributed by atoms with van der Waals surface area (Å²) >= 11 is 0. The van der Waals surface area contributed by atoms with Crippen LogP contribution in [0.25, 0.3) is 6.08 Å². The van der Waals surface area contributed by atoms with Crippen molar-refractivity contribution in [3.63, 3.8) is 0 Å². The molecule has 1 N–H and O–H groups in total. The summed E-state index contributed by atoms with van der Waals surface area (Å²) in [6.07, 6.45) is 1.70. The zero-order valence-corrected chi connectivity index (χ0v) is 10.8.